The summed E-state index contributed by atoms with van der Waals surface area (Å²) in [5.41, 5.74) is 5.29. The summed E-state index contributed by atoms with van der Waals surface area (Å²) in [6.45, 7) is 4.46. The van der Waals surface area contributed by atoms with E-state index in [2.05, 4.69) is 46.7 Å². The molecule has 0 N–H and O–H groups in total. The lowest BCUT2D eigenvalue weighted by Gasteiger charge is -2.53. The van der Waals surface area contributed by atoms with Crippen LogP contribution < -0.4 is 0 Å². The Balaban J connectivity index is 1.51. The second-order valence-corrected chi connectivity index (χ2v) is 9.93. The zero-order chi connectivity index (χ0) is 23.2. The third-order valence-electron chi connectivity index (χ3n) is 8.30. The van der Waals surface area contributed by atoms with E-state index in [9.17, 15) is 13.2 Å². The Morgan fingerprint density at radius 3 is 2.82 bits per heavy atom. The topological polar surface area (TPSA) is 25.5 Å². The van der Waals surface area contributed by atoms with Crippen LogP contribution in [-0.2, 0) is 12.6 Å². The van der Waals surface area contributed by atoms with Gasteiger partial charge >= 0.3 is 6.18 Å². The minimum Gasteiger partial charge on any atom is -0.310 e. The fourth-order valence-electron chi connectivity index (χ4n) is 6.75. The highest BCUT2D eigenvalue weighted by atomic mass is 19.4. The highest BCUT2D eigenvalue weighted by Gasteiger charge is 2.50. The van der Waals surface area contributed by atoms with Gasteiger partial charge in [-0.15, -0.1) is 0 Å². The molecule has 0 spiro atoms. The number of rotatable bonds is 2. The summed E-state index contributed by atoms with van der Waals surface area (Å²) in [5, 5.41) is 1.28. The van der Waals surface area contributed by atoms with Gasteiger partial charge in [-0.25, -0.2) is 4.98 Å². The van der Waals surface area contributed by atoms with Crippen molar-refractivity contribution in [2.24, 2.45) is 5.41 Å². The van der Waals surface area contributed by atoms with Gasteiger partial charge in [-0.05, 0) is 62.1 Å². The van der Waals surface area contributed by atoms with Gasteiger partial charge in [0.15, 0.2) is 0 Å². The molecule has 34 heavy (non-hydrogen) atoms. The number of hydrogen-bond donors (Lipinski definition) is 0. The number of hydrogen-bond acceptors (Lipinski definition) is 2. The molecule has 1 aromatic carbocycles. The van der Waals surface area contributed by atoms with Gasteiger partial charge in [-0.2, -0.15) is 13.2 Å². The molecule has 0 radical (unpaired) electrons. The number of benzene rings is 1. The van der Waals surface area contributed by atoms with Crippen LogP contribution in [0.3, 0.4) is 0 Å². The zero-order valence-electron chi connectivity index (χ0n) is 18.9. The molecular weight excluding hydrogens is 437 g/mol. The van der Waals surface area contributed by atoms with Crippen molar-refractivity contribution in [2.75, 3.05) is 13.1 Å². The van der Waals surface area contributed by atoms with Gasteiger partial charge in [0.05, 0.1) is 22.8 Å². The minimum atomic E-state index is -4.39. The molecule has 4 aromatic rings. The molecule has 4 nitrogen and oxygen atoms in total. The summed E-state index contributed by atoms with van der Waals surface area (Å²) in [4.78, 5) is 7.38. The Labute approximate surface area is 195 Å². The minimum absolute atomic E-state index is 0.0000602. The molecule has 3 aliphatic rings. The van der Waals surface area contributed by atoms with Crippen molar-refractivity contribution in [3.8, 4) is 0 Å². The summed E-state index contributed by atoms with van der Waals surface area (Å²) >= 11 is 0. The van der Waals surface area contributed by atoms with Gasteiger partial charge in [0.1, 0.15) is 11.3 Å². The first kappa shape index (κ1) is 20.3. The number of nitrogens with zero attached hydrogens (tertiary/aromatic N) is 4. The molecule has 2 atom stereocenters. The quantitative estimate of drug-likeness (QED) is 0.349. The van der Waals surface area contributed by atoms with Gasteiger partial charge < -0.3 is 8.97 Å². The Bertz CT molecular complexity index is 1490. The number of imidazole rings is 1. The van der Waals surface area contributed by atoms with Gasteiger partial charge in [0.25, 0.3) is 0 Å². The second-order valence-electron chi connectivity index (χ2n) is 9.93. The molecule has 7 heteroatoms. The van der Waals surface area contributed by atoms with Crippen molar-refractivity contribution in [1.29, 1.82) is 0 Å². The number of alkyl halides is 3. The lowest BCUT2D eigenvalue weighted by atomic mass is 9.66. The molecule has 6 heterocycles. The number of piperidine rings is 1. The Morgan fingerprint density at radius 2 is 2.00 bits per heavy atom. The van der Waals surface area contributed by atoms with Crippen LogP contribution in [0.4, 0.5) is 13.2 Å². The van der Waals surface area contributed by atoms with Crippen molar-refractivity contribution >= 4 is 22.2 Å². The standard InChI is InChI=1S/C27H25F3N4/c1-2-26-10-5-11-32-13-9-19-18-6-3-4-7-21(18)34(24(19)25(26)32)22(15-26)20-16-33-12-8-17(27(28,29)30)14-23(33)31-20/h3-4,6-8,12,14-16,25H,2,5,9-11,13H2,1H3/t25-,26+/m1/s1. The first-order valence-electron chi connectivity index (χ1n) is 12.1. The summed E-state index contributed by atoms with van der Waals surface area (Å²) < 4.78 is 44.0. The normalized spacial score (nSPS) is 24.5. The summed E-state index contributed by atoms with van der Waals surface area (Å²) in [7, 11) is 0. The molecule has 1 saturated heterocycles. The zero-order valence-corrected chi connectivity index (χ0v) is 18.9. The molecule has 0 amide bonds. The molecule has 0 aliphatic carbocycles. The number of fused-ring (bicyclic) bond motifs is 4. The molecule has 7 rings (SSSR count). The Kier molecular flexibility index (Phi) is 4.04. The second kappa shape index (κ2) is 6.75. The third kappa shape index (κ3) is 2.62. The average Bonchev–Trinajstić information content (AvgIpc) is 3.41. The Hall–Kier alpha value is -3.06. The highest BCUT2D eigenvalue weighted by molar-refractivity contribution is 5.92. The number of halogens is 3. The number of pyridine rings is 1. The van der Waals surface area contributed by atoms with E-state index in [4.69, 9.17) is 4.98 Å². The molecular formula is C27H25F3N4. The lowest BCUT2D eigenvalue weighted by molar-refractivity contribution is -0.137. The molecule has 0 saturated carbocycles. The molecule has 0 unspecified atom stereocenters. The van der Waals surface area contributed by atoms with Crippen LogP contribution in [0, 0.1) is 5.41 Å². The lowest BCUT2D eigenvalue weighted by Crippen LogP contribution is -2.50. The maximum absolute atomic E-state index is 13.3. The van der Waals surface area contributed by atoms with Crippen molar-refractivity contribution in [3.05, 3.63) is 77.4 Å². The van der Waals surface area contributed by atoms with Crippen LogP contribution in [0.5, 0.6) is 0 Å². The van der Waals surface area contributed by atoms with Crippen molar-refractivity contribution < 1.29 is 13.2 Å². The van der Waals surface area contributed by atoms with Crippen LogP contribution in [-0.4, -0.2) is 31.9 Å². The van der Waals surface area contributed by atoms with Gasteiger partial charge in [-0.1, -0.05) is 25.1 Å². The predicted octanol–water partition coefficient (Wildman–Crippen LogP) is 6.30. The van der Waals surface area contributed by atoms with Gasteiger partial charge in [-0.3, -0.25) is 4.90 Å². The summed E-state index contributed by atoms with van der Waals surface area (Å²) in [5.74, 6) is 0. The number of aromatic nitrogens is 3. The van der Waals surface area contributed by atoms with Gasteiger partial charge in [0.2, 0.25) is 0 Å². The monoisotopic (exact) mass is 462 g/mol. The molecule has 174 valence electrons. The van der Waals surface area contributed by atoms with E-state index in [-0.39, 0.29) is 5.41 Å². The van der Waals surface area contributed by atoms with E-state index in [1.54, 1.807) is 4.40 Å². The fourth-order valence-corrected chi connectivity index (χ4v) is 6.75. The van der Waals surface area contributed by atoms with Gasteiger partial charge in [0, 0.05) is 35.4 Å². The summed E-state index contributed by atoms with van der Waals surface area (Å²) in [6.07, 6.45) is 5.64. The molecule has 3 aromatic heterocycles. The maximum Gasteiger partial charge on any atom is 0.416 e. The predicted molar refractivity (Wildman–Crippen MR) is 125 cm³/mol. The third-order valence-corrected chi connectivity index (χ3v) is 8.30. The van der Waals surface area contributed by atoms with Crippen LogP contribution in [0.2, 0.25) is 0 Å². The van der Waals surface area contributed by atoms with Crippen LogP contribution >= 0.6 is 0 Å². The number of para-hydroxylation sites is 1. The van der Waals surface area contributed by atoms with Crippen molar-refractivity contribution in [3.63, 3.8) is 0 Å². The highest BCUT2D eigenvalue weighted by Crippen LogP contribution is 2.57. The van der Waals surface area contributed by atoms with Crippen molar-refractivity contribution in [1.82, 2.24) is 18.9 Å². The first-order chi connectivity index (χ1) is 16.4. The van der Waals surface area contributed by atoms with E-state index in [0.29, 0.717) is 11.7 Å². The Morgan fingerprint density at radius 1 is 1.15 bits per heavy atom. The first-order valence-corrected chi connectivity index (χ1v) is 12.1. The summed E-state index contributed by atoms with van der Waals surface area (Å²) in [6, 6.07) is 11.1. The van der Waals surface area contributed by atoms with E-state index in [0.717, 1.165) is 67.8 Å². The molecule has 0 bridgehead atoms. The molecule has 1 fully saturated rings. The SMILES string of the molecule is CC[C@@]12C=C(c3cn4ccc(C(F)(F)F)cc4n3)n3c4c(c5ccccc53)CCN(CCC1)[C@H]42. The average molecular weight is 463 g/mol. The van der Waals surface area contributed by atoms with Crippen LogP contribution in [0.1, 0.15) is 54.7 Å². The fraction of sp³-hybridized carbons (Fsp3) is 0.370. The van der Waals surface area contributed by atoms with E-state index >= 15 is 0 Å². The van der Waals surface area contributed by atoms with Crippen molar-refractivity contribution in [2.45, 2.75) is 44.8 Å². The van der Waals surface area contributed by atoms with Crippen LogP contribution in [0.25, 0.3) is 22.2 Å². The smallest absolute Gasteiger partial charge is 0.310 e. The molecule has 3 aliphatic heterocycles. The van der Waals surface area contributed by atoms with E-state index in [1.165, 1.54) is 22.8 Å². The van der Waals surface area contributed by atoms with Crippen LogP contribution in [0.15, 0.2) is 54.9 Å². The van der Waals surface area contributed by atoms with E-state index < -0.39 is 11.7 Å². The van der Waals surface area contributed by atoms with E-state index in [1.807, 2.05) is 6.20 Å². The maximum atomic E-state index is 13.3. The largest absolute Gasteiger partial charge is 0.416 e.